The van der Waals surface area contributed by atoms with Gasteiger partial charge in [-0.05, 0) is 60.8 Å². The number of hydrogen-bond acceptors (Lipinski definition) is 2. The van der Waals surface area contributed by atoms with Crippen molar-refractivity contribution in [2.24, 2.45) is 11.3 Å². The molecule has 1 aliphatic rings. The summed E-state index contributed by atoms with van der Waals surface area (Å²) in [6.07, 6.45) is 4.65. The SMILES string of the molecule is COc1ccc(Br)cc1CC1(O)CCC(C(C)(C)C)CC1. The first-order chi connectivity index (χ1) is 9.73. The predicted octanol–water partition coefficient (Wildman–Crippen LogP) is 4.97. The van der Waals surface area contributed by atoms with E-state index in [1.165, 1.54) is 0 Å². The van der Waals surface area contributed by atoms with Gasteiger partial charge in [-0.25, -0.2) is 0 Å². The van der Waals surface area contributed by atoms with Crippen molar-refractivity contribution in [2.45, 2.75) is 58.5 Å². The van der Waals surface area contributed by atoms with Gasteiger partial charge in [0.2, 0.25) is 0 Å². The van der Waals surface area contributed by atoms with E-state index in [4.69, 9.17) is 4.74 Å². The average molecular weight is 355 g/mol. The maximum atomic E-state index is 10.9. The van der Waals surface area contributed by atoms with Crippen LogP contribution in [-0.4, -0.2) is 17.8 Å². The highest BCUT2D eigenvalue weighted by atomic mass is 79.9. The van der Waals surface area contributed by atoms with Crippen LogP contribution in [0, 0.1) is 11.3 Å². The van der Waals surface area contributed by atoms with Crippen LogP contribution in [-0.2, 0) is 6.42 Å². The van der Waals surface area contributed by atoms with Gasteiger partial charge in [-0.15, -0.1) is 0 Å². The fourth-order valence-corrected chi connectivity index (χ4v) is 3.85. The Morgan fingerprint density at radius 3 is 2.43 bits per heavy atom. The van der Waals surface area contributed by atoms with Gasteiger partial charge >= 0.3 is 0 Å². The lowest BCUT2D eigenvalue weighted by molar-refractivity contribution is -0.0248. The van der Waals surface area contributed by atoms with E-state index >= 15 is 0 Å². The zero-order valence-electron chi connectivity index (χ0n) is 13.6. The number of aliphatic hydroxyl groups is 1. The molecule has 118 valence electrons. The Bertz CT molecular complexity index is 482. The molecule has 0 aromatic heterocycles. The van der Waals surface area contributed by atoms with Gasteiger partial charge in [0.15, 0.2) is 0 Å². The second kappa shape index (κ2) is 6.29. The van der Waals surface area contributed by atoms with Crippen molar-refractivity contribution in [2.75, 3.05) is 7.11 Å². The molecule has 0 bridgehead atoms. The van der Waals surface area contributed by atoms with E-state index in [0.29, 0.717) is 17.8 Å². The third-order valence-electron chi connectivity index (χ3n) is 4.90. The molecule has 0 unspecified atom stereocenters. The van der Waals surface area contributed by atoms with E-state index in [2.05, 4.69) is 42.8 Å². The van der Waals surface area contributed by atoms with Gasteiger partial charge in [0.05, 0.1) is 12.7 Å². The quantitative estimate of drug-likeness (QED) is 0.830. The van der Waals surface area contributed by atoms with E-state index in [1.807, 2.05) is 12.1 Å². The Balaban J connectivity index is 2.08. The van der Waals surface area contributed by atoms with Crippen molar-refractivity contribution in [1.82, 2.24) is 0 Å². The largest absolute Gasteiger partial charge is 0.496 e. The minimum Gasteiger partial charge on any atom is -0.496 e. The number of halogens is 1. The number of methoxy groups -OCH3 is 1. The van der Waals surface area contributed by atoms with Crippen LogP contribution in [0.4, 0.5) is 0 Å². The summed E-state index contributed by atoms with van der Waals surface area (Å²) in [6.45, 7) is 6.91. The van der Waals surface area contributed by atoms with Gasteiger partial charge in [-0.3, -0.25) is 0 Å². The molecular formula is C18H27BrO2. The summed E-state index contributed by atoms with van der Waals surface area (Å²) in [5.74, 6) is 1.58. The fraction of sp³-hybridized carbons (Fsp3) is 0.667. The smallest absolute Gasteiger partial charge is 0.122 e. The number of hydrogen-bond donors (Lipinski definition) is 1. The second-order valence-electron chi connectivity index (χ2n) is 7.50. The van der Waals surface area contributed by atoms with Crippen molar-refractivity contribution in [3.63, 3.8) is 0 Å². The van der Waals surface area contributed by atoms with E-state index in [-0.39, 0.29) is 0 Å². The minimum atomic E-state index is -0.587. The summed E-state index contributed by atoms with van der Waals surface area (Å²) in [4.78, 5) is 0. The highest BCUT2D eigenvalue weighted by Crippen LogP contribution is 2.43. The topological polar surface area (TPSA) is 29.5 Å². The van der Waals surface area contributed by atoms with Crippen molar-refractivity contribution in [1.29, 1.82) is 0 Å². The van der Waals surface area contributed by atoms with Gasteiger partial charge < -0.3 is 9.84 Å². The molecule has 1 saturated carbocycles. The van der Waals surface area contributed by atoms with Crippen LogP contribution in [0.2, 0.25) is 0 Å². The molecular weight excluding hydrogens is 328 g/mol. The summed E-state index contributed by atoms with van der Waals surface area (Å²) in [5.41, 5.74) is 0.841. The van der Waals surface area contributed by atoms with Crippen molar-refractivity contribution in [3.8, 4) is 5.75 Å². The third kappa shape index (κ3) is 4.23. The Morgan fingerprint density at radius 2 is 1.90 bits per heavy atom. The molecule has 1 N–H and O–H groups in total. The zero-order chi connectivity index (χ0) is 15.7. The van der Waals surface area contributed by atoms with Crippen LogP contribution in [0.25, 0.3) is 0 Å². The standard InChI is InChI=1S/C18H27BrO2/c1-17(2,3)14-7-9-18(20,10-8-14)12-13-11-15(19)5-6-16(13)21-4/h5-6,11,14,20H,7-10,12H2,1-4H3. The van der Waals surface area contributed by atoms with Crippen molar-refractivity contribution >= 4 is 15.9 Å². The molecule has 1 fully saturated rings. The molecule has 21 heavy (non-hydrogen) atoms. The normalized spacial score (nSPS) is 26.7. The van der Waals surface area contributed by atoms with Gasteiger partial charge in [0.25, 0.3) is 0 Å². The van der Waals surface area contributed by atoms with E-state index in [0.717, 1.165) is 41.5 Å². The van der Waals surface area contributed by atoms with E-state index in [1.54, 1.807) is 7.11 Å². The maximum Gasteiger partial charge on any atom is 0.122 e. The molecule has 0 saturated heterocycles. The van der Waals surface area contributed by atoms with Crippen molar-refractivity contribution in [3.05, 3.63) is 28.2 Å². The molecule has 0 radical (unpaired) electrons. The van der Waals surface area contributed by atoms with Gasteiger partial charge in [0.1, 0.15) is 5.75 Å². The summed E-state index contributed by atoms with van der Waals surface area (Å²) >= 11 is 3.51. The molecule has 3 heteroatoms. The predicted molar refractivity (Wildman–Crippen MR) is 90.8 cm³/mol. The summed E-state index contributed by atoms with van der Waals surface area (Å²) in [6, 6.07) is 6.00. The first-order valence-electron chi connectivity index (χ1n) is 7.78. The average Bonchev–Trinajstić information content (AvgIpc) is 2.38. The summed E-state index contributed by atoms with van der Waals surface area (Å²) in [5, 5.41) is 10.9. The van der Waals surface area contributed by atoms with E-state index in [9.17, 15) is 5.11 Å². The lowest BCUT2D eigenvalue weighted by Crippen LogP contribution is -2.39. The molecule has 0 amide bonds. The number of ether oxygens (including phenoxy) is 1. The number of rotatable bonds is 3. The first-order valence-corrected chi connectivity index (χ1v) is 8.58. The third-order valence-corrected chi connectivity index (χ3v) is 5.40. The molecule has 0 atom stereocenters. The Hall–Kier alpha value is -0.540. The van der Waals surface area contributed by atoms with Gasteiger partial charge in [-0.1, -0.05) is 36.7 Å². The van der Waals surface area contributed by atoms with Crippen molar-refractivity contribution < 1.29 is 9.84 Å². The summed E-state index contributed by atoms with van der Waals surface area (Å²) < 4.78 is 6.46. The van der Waals surface area contributed by atoms with Crippen LogP contribution in [0.5, 0.6) is 5.75 Å². The molecule has 1 aromatic carbocycles. The minimum absolute atomic E-state index is 0.342. The highest BCUT2D eigenvalue weighted by Gasteiger charge is 2.37. The van der Waals surface area contributed by atoms with E-state index < -0.39 is 5.60 Å². The Kier molecular flexibility index (Phi) is 5.04. The number of benzene rings is 1. The Morgan fingerprint density at radius 1 is 1.29 bits per heavy atom. The fourth-order valence-electron chi connectivity index (χ4n) is 3.44. The molecule has 1 aliphatic carbocycles. The highest BCUT2D eigenvalue weighted by molar-refractivity contribution is 9.10. The first kappa shape index (κ1) is 16.8. The molecule has 0 heterocycles. The lowest BCUT2D eigenvalue weighted by atomic mass is 9.67. The Labute approximate surface area is 137 Å². The summed E-state index contributed by atoms with van der Waals surface area (Å²) in [7, 11) is 1.69. The second-order valence-corrected chi connectivity index (χ2v) is 8.41. The lowest BCUT2D eigenvalue weighted by Gasteiger charge is -2.41. The molecule has 2 nitrogen and oxygen atoms in total. The molecule has 0 aliphatic heterocycles. The van der Waals surface area contributed by atoms with Crippen LogP contribution in [0.15, 0.2) is 22.7 Å². The van der Waals surface area contributed by atoms with Crippen LogP contribution < -0.4 is 4.74 Å². The van der Waals surface area contributed by atoms with Crippen LogP contribution in [0.1, 0.15) is 52.0 Å². The monoisotopic (exact) mass is 354 g/mol. The molecule has 0 spiro atoms. The van der Waals surface area contributed by atoms with Crippen LogP contribution in [0.3, 0.4) is 0 Å². The maximum absolute atomic E-state index is 10.9. The van der Waals surface area contributed by atoms with Gasteiger partial charge in [0, 0.05) is 10.9 Å². The zero-order valence-corrected chi connectivity index (χ0v) is 15.2. The van der Waals surface area contributed by atoms with Gasteiger partial charge in [-0.2, -0.15) is 0 Å². The molecule has 1 aromatic rings. The molecule has 2 rings (SSSR count). The van der Waals surface area contributed by atoms with Crippen LogP contribution >= 0.6 is 15.9 Å².